The van der Waals surface area contributed by atoms with E-state index in [1.165, 1.54) is 27.8 Å². The highest BCUT2D eigenvalue weighted by Gasteiger charge is 2.52. The molecule has 0 fully saturated rings. The standard InChI is InChI=1S/C47H28N4/c48-29-35-19-12-24-42-43(35)38-28-33(25-26-41(38)47(42)39-22-9-7-20-36(39)37-21-8-10-23-40(37)47)32-17-11-18-34(27-32)46-50-44(30-13-3-1-4-14-30)49-45(51-46)31-15-5-2-6-16-31/h1-28H. The van der Waals surface area contributed by atoms with E-state index >= 15 is 0 Å². The van der Waals surface area contributed by atoms with Gasteiger partial charge in [0.05, 0.1) is 17.0 Å². The van der Waals surface area contributed by atoms with Crippen molar-refractivity contribution >= 4 is 0 Å². The molecule has 1 heterocycles. The van der Waals surface area contributed by atoms with Gasteiger partial charge in [0.15, 0.2) is 17.5 Å². The Bertz CT molecular complexity index is 2600. The molecule has 0 aliphatic heterocycles. The molecule has 236 valence electrons. The average molecular weight is 649 g/mol. The fourth-order valence-corrected chi connectivity index (χ4v) is 8.24. The van der Waals surface area contributed by atoms with Gasteiger partial charge in [0, 0.05) is 22.3 Å². The molecule has 0 saturated carbocycles. The van der Waals surface area contributed by atoms with Gasteiger partial charge in [-0.05, 0) is 68.3 Å². The van der Waals surface area contributed by atoms with Gasteiger partial charge in [-0.2, -0.15) is 5.26 Å². The van der Waals surface area contributed by atoms with Gasteiger partial charge in [0.1, 0.15) is 0 Å². The van der Waals surface area contributed by atoms with Crippen LogP contribution in [-0.4, -0.2) is 15.0 Å². The van der Waals surface area contributed by atoms with Gasteiger partial charge in [-0.3, -0.25) is 0 Å². The van der Waals surface area contributed by atoms with E-state index in [0.29, 0.717) is 23.0 Å². The molecule has 0 saturated heterocycles. The molecule has 51 heavy (non-hydrogen) atoms. The fraction of sp³-hybridized carbons (Fsp3) is 0.0213. The van der Waals surface area contributed by atoms with E-state index in [2.05, 4.69) is 103 Å². The van der Waals surface area contributed by atoms with Crippen molar-refractivity contribution in [2.24, 2.45) is 0 Å². The zero-order chi connectivity index (χ0) is 33.9. The number of hydrogen-bond acceptors (Lipinski definition) is 4. The van der Waals surface area contributed by atoms with E-state index in [4.69, 9.17) is 15.0 Å². The van der Waals surface area contributed by atoms with Gasteiger partial charge < -0.3 is 0 Å². The monoisotopic (exact) mass is 648 g/mol. The van der Waals surface area contributed by atoms with Gasteiger partial charge in [-0.1, -0.05) is 152 Å². The lowest BCUT2D eigenvalue weighted by Gasteiger charge is -2.30. The van der Waals surface area contributed by atoms with E-state index in [9.17, 15) is 5.26 Å². The predicted molar refractivity (Wildman–Crippen MR) is 203 cm³/mol. The van der Waals surface area contributed by atoms with Crippen molar-refractivity contribution < 1.29 is 0 Å². The molecule has 1 aromatic heterocycles. The highest BCUT2D eigenvalue weighted by molar-refractivity contribution is 5.97. The van der Waals surface area contributed by atoms with Crippen molar-refractivity contribution in [2.45, 2.75) is 5.41 Å². The van der Waals surface area contributed by atoms with Crippen molar-refractivity contribution in [3.63, 3.8) is 0 Å². The lowest BCUT2D eigenvalue weighted by Crippen LogP contribution is -2.25. The number of nitrogens with zero attached hydrogens (tertiary/aromatic N) is 4. The molecule has 4 nitrogen and oxygen atoms in total. The van der Waals surface area contributed by atoms with Crippen LogP contribution in [0.25, 0.3) is 67.5 Å². The van der Waals surface area contributed by atoms with Crippen LogP contribution >= 0.6 is 0 Å². The predicted octanol–water partition coefficient (Wildman–Crippen LogP) is 10.8. The van der Waals surface area contributed by atoms with Crippen LogP contribution in [-0.2, 0) is 5.41 Å². The fourth-order valence-electron chi connectivity index (χ4n) is 8.24. The molecule has 0 radical (unpaired) electrons. The normalized spacial score (nSPS) is 12.8. The van der Waals surface area contributed by atoms with Crippen molar-refractivity contribution in [2.75, 3.05) is 0 Å². The van der Waals surface area contributed by atoms with Crippen LogP contribution in [0.2, 0.25) is 0 Å². The molecule has 0 N–H and O–H groups in total. The Balaban J connectivity index is 1.16. The Labute approximate surface area is 296 Å². The first-order valence-electron chi connectivity index (χ1n) is 17.1. The van der Waals surface area contributed by atoms with E-state index in [1.54, 1.807) is 0 Å². The molecule has 1 spiro atoms. The van der Waals surface area contributed by atoms with Gasteiger partial charge in [-0.15, -0.1) is 0 Å². The number of benzene rings is 7. The summed E-state index contributed by atoms with van der Waals surface area (Å²) >= 11 is 0. The SMILES string of the molecule is N#Cc1cccc2c1-c1cc(-c3cccc(-c4nc(-c5ccccc5)nc(-c5ccccc5)n4)c3)ccc1C21c2ccccc2-c2ccccc21. The van der Waals surface area contributed by atoms with Crippen LogP contribution in [0, 0.1) is 11.3 Å². The first-order chi connectivity index (χ1) is 25.2. The molecule has 2 aliphatic carbocycles. The second kappa shape index (κ2) is 11.3. The topological polar surface area (TPSA) is 62.5 Å². The minimum absolute atomic E-state index is 0.502. The molecule has 8 aromatic rings. The maximum Gasteiger partial charge on any atom is 0.164 e. The summed E-state index contributed by atoms with van der Waals surface area (Å²) < 4.78 is 0. The van der Waals surface area contributed by atoms with Gasteiger partial charge in [0.2, 0.25) is 0 Å². The van der Waals surface area contributed by atoms with E-state index in [0.717, 1.165) is 44.5 Å². The summed E-state index contributed by atoms with van der Waals surface area (Å²) in [6, 6.07) is 61.4. The van der Waals surface area contributed by atoms with Gasteiger partial charge >= 0.3 is 0 Å². The summed E-state index contributed by atoms with van der Waals surface area (Å²) in [5.74, 6) is 1.87. The first kappa shape index (κ1) is 29.0. The van der Waals surface area contributed by atoms with Gasteiger partial charge in [-0.25, -0.2) is 15.0 Å². The van der Waals surface area contributed by atoms with E-state index < -0.39 is 5.41 Å². The summed E-state index contributed by atoms with van der Waals surface area (Å²) in [6.07, 6.45) is 0. The molecular weight excluding hydrogens is 621 g/mol. The minimum Gasteiger partial charge on any atom is -0.208 e. The lowest BCUT2D eigenvalue weighted by atomic mass is 9.70. The first-order valence-corrected chi connectivity index (χ1v) is 17.1. The molecule has 7 aromatic carbocycles. The van der Waals surface area contributed by atoms with Crippen molar-refractivity contribution in [1.82, 2.24) is 15.0 Å². The zero-order valence-corrected chi connectivity index (χ0v) is 27.5. The Morgan fingerprint density at radius 2 is 0.843 bits per heavy atom. The maximum atomic E-state index is 10.4. The highest BCUT2D eigenvalue weighted by Crippen LogP contribution is 2.63. The van der Waals surface area contributed by atoms with Crippen molar-refractivity contribution in [3.05, 3.63) is 198 Å². The van der Waals surface area contributed by atoms with E-state index in [-0.39, 0.29) is 0 Å². The molecule has 4 heteroatoms. The Kier molecular flexibility index (Phi) is 6.43. The van der Waals surface area contributed by atoms with Crippen LogP contribution in [0.1, 0.15) is 27.8 Å². The number of fused-ring (bicyclic) bond motifs is 10. The molecule has 0 bridgehead atoms. The number of aromatic nitrogens is 3. The van der Waals surface area contributed by atoms with Crippen molar-refractivity contribution in [3.8, 4) is 73.6 Å². The second-order valence-corrected chi connectivity index (χ2v) is 13.1. The van der Waals surface area contributed by atoms with Crippen LogP contribution in [0.4, 0.5) is 0 Å². The number of nitriles is 1. The largest absolute Gasteiger partial charge is 0.208 e. The second-order valence-electron chi connectivity index (χ2n) is 13.1. The molecule has 0 atom stereocenters. The third-order valence-electron chi connectivity index (χ3n) is 10.4. The summed E-state index contributed by atoms with van der Waals surface area (Å²) in [5, 5.41) is 10.4. The maximum absolute atomic E-state index is 10.4. The van der Waals surface area contributed by atoms with Crippen LogP contribution in [0.5, 0.6) is 0 Å². The Morgan fingerprint density at radius 1 is 0.373 bits per heavy atom. The molecule has 10 rings (SSSR count). The number of hydrogen-bond donors (Lipinski definition) is 0. The molecule has 0 amide bonds. The third-order valence-corrected chi connectivity index (χ3v) is 10.4. The summed E-state index contributed by atoms with van der Waals surface area (Å²) in [7, 11) is 0. The third kappa shape index (κ3) is 4.29. The smallest absolute Gasteiger partial charge is 0.164 e. The Morgan fingerprint density at radius 3 is 1.47 bits per heavy atom. The number of rotatable bonds is 4. The quantitative estimate of drug-likeness (QED) is 0.191. The Hall–Kier alpha value is -6.96. The molecule has 0 unspecified atom stereocenters. The highest BCUT2D eigenvalue weighted by atomic mass is 15.0. The van der Waals surface area contributed by atoms with Crippen LogP contribution < -0.4 is 0 Å². The lowest BCUT2D eigenvalue weighted by molar-refractivity contribution is 0.793. The average Bonchev–Trinajstić information content (AvgIpc) is 3.68. The zero-order valence-electron chi connectivity index (χ0n) is 27.5. The van der Waals surface area contributed by atoms with Gasteiger partial charge in [0.25, 0.3) is 0 Å². The molecular formula is C47H28N4. The van der Waals surface area contributed by atoms with Crippen LogP contribution in [0.3, 0.4) is 0 Å². The van der Waals surface area contributed by atoms with Crippen molar-refractivity contribution in [1.29, 1.82) is 5.26 Å². The summed E-state index contributed by atoms with van der Waals surface area (Å²) in [6.45, 7) is 0. The summed E-state index contributed by atoms with van der Waals surface area (Å²) in [5.41, 5.74) is 14.5. The molecule has 2 aliphatic rings. The van der Waals surface area contributed by atoms with E-state index in [1.807, 2.05) is 72.8 Å². The minimum atomic E-state index is -0.502. The summed E-state index contributed by atoms with van der Waals surface area (Å²) in [4.78, 5) is 14.8. The van der Waals surface area contributed by atoms with Crippen LogP contribution in [0.15, 0.2) is 170 Å².